The van der Waals surface area contributed by atoms with Crippen LogP contribution in [0.4, 0.5) is 5.69 Å². The van der Waals surface area contributed by atoms with Crippen LogP contribution in [0.5, 0.6) is 0 Å². The lowest BCUT2D eigenvalue weighted by Gasteiger charge is -2.25. The number of amides is 1. The summed E-state index contributed by atoms with van der Waals surface area (Å²) in [6, 6.07) is 11.1. The molecule has 1 unspecified atom stereocenters. The average molecular weight is 476 g/mol. The minimum atomic E-state index is -0.476. The number of unbranched alkanes of at least 4 members (excludes halogenated alkanes) is 2. The van der Waals surface area contributed by atoms with Gasteiger partial charge < -0.3 is 24.6 Å². The number of aliphatic hydroxyl groups excluding tert-OH is 2. The third-order valence-electron chi connectivity index (χ3n) is 5.70. The highest BCUT2D eigenvalue weighted by molar-refractivity contribution is 7.13. The van der Waals surface area contributed by atoms with E-state index in [1.54, 1.807) is 11.0 Å². The summed E-state index contributed by atoms with van der Waals surface area (Å²) in [7, 11) is 0. The van der Waals surface area contributed by atoms with Gasteiger partial charge >= 0.3 is 5.97 Å². The Morgan fingerprint density at radius 1 is 1.21 bits per heavy atom. The number of carbonyl (C=O) groups is 2. The van der Waals surface area contributed by atoms with Crippen LogP contribution in [-0.2, 0) is 20.9 Å². The molecule has 0 aliphatic carbocycles. The zero-order valence-electron chi connectivity index (χ0n) is 19.1. The number of aliphatic hydroxyl groups is 2. The molecular formula is C25H33NO6S. The van der Waals surface area contributed by atoms with Gasteiger partial charge in [-0.05, 0) is 42.7 Å². The maximum absolute atomic E-state index is 12.5. The van der Waals surface area contributed by atoms with Crippen molar-refractivity contribution in [3.8, 4) is 0 Å². The van der Waals surface area contributed by atoms with Crippen molar-refractivity contribution in [3.63, 3.8) is 0 Å². The van der Waals surface area contributed by atoms with Crippen LogP contribution in [0.15, 0.2) is 36.4 Å². The molecule has 1 aliphatic rings. The predicted octanol–water partition coefficient (Wildman–Crippen LogP) is 4.22. The van der Waals surface area contributed by atoms with E-state index in [1.807, 2.05) is 30.3 Å². The summed E-state index contributed by atoms with van der Waals surface area (Å²) in [5.41, 5.74) is 1.70. The van der Waals surface area contributed by atoms with Gasteiger partial charge in [0.25, 0.3) is 0 Å². The monoisotopic (exact) mass is 475 g/mol. The van der Waals surface area contributed by atoms with Gasteiger partial charge in [-0.1, -0.05) is 38.3 Å². The Morgan fingerprint density at radius 3 is 2.73 bits per heavy atom. The Hall–Kier alpha value is -2.26. The number of anilines is 1. The lowest BCUT2D eigenvalue weighted by molar-refractivity contribution is -0.117. The van der Waals surface area contributed by atoms with E-state index < -0.39 is 12.1 Å². The fourth-order valence-corrected chi connectivity index (χ4v) is 4.78. The van der Waals surface area contributed by atoms with E-state index in [0.717, 1.165) is 48.2 Å². The molecule has 33 heavy (non-hydrogen) atoms. The van der Waals surface area contributed by atoms with Crippen LogP contribution in [0.25, 0.3) is 0 Å². The third kappa shape index (κ3) is 7.11. The zero-order valence-corrected chi connectivity index (χ0v) is 19.9. The van der Waals surface area contributed by atoms with Crippen LogP contribution < -0.4 is 4.90 Å². The number of benzene rings is 1. The number of hydrogen-bond acceptors (Lipinski definition) is 7. The molecular weight excluding hydrogens is 442 g/mol. The molecule has 0 radical (unpaired) electrons. The molecule has 0 bridgehead atoms. The largest absolute Gasteiger partial charge is 0.459 e. The maximum Gasteiger partial charge on any atom is 0.348 e. The molecule has 3 rings (SSSR count). The first-order valence-corrected chi connectivity index (χ1v) is 12.4. The van der Waals surface area contributed by atoms with Gasteiger partial charge in [0.05, 0.1) is 32.0 Å². The molecule has 1 saturated heterocycles. The number of ether oxygens (including phenoxy) is 2. The number of carbonyl (C=O) groups excluding carboxylic acids is 2. The second-order valence-corrected chi connectivity index (χ2v) is 9.37. The Kier molecular flexibility index (Phi) is 9.87. The van der Waals surface area contributed by atoms with Crippen LogP contribution in [0, 0.1) is 0 Å². The molecule has 1 aliphatic heterocycles. The average Bonchev–Trinajstić information content (AvgIpc) is 3.44. The van der Waals surface area contributed by atoms with Gasteiger partial charge in [0, 0.05) is 17.0 Å². The molecule has 1 fully saturated rings. The molecule has 180 valence electrons. The van der Waals surface area contributed by atoms with Crippen LogP contribution in [-0.4, -0.2) is 48.0 Å². The molecule has 2 heterocycles. The summed E-state index contributed by atoms with van der Waals surface area (Å²) in [5, 5.41) is 19.1. The molecule has 1 aromatic carbocycles. The van der Waals surface area contributed by atoms with E-state index in [-0.39, 0.29) is 25.2 Å². The van der Waals surface area contributed by atoms with Gasteiger partial charge in [0.2, 0.25) is 5.91 Å². The Balaban J connectivity index is 1.53. The van der Waals surface area contributed by atoms with Crippen LogP contribution in [0.3, 0.4) is 0 Å². The number of nitrogens with zero attached hydrogens (tertiary/aromatic N) is 1. The van der Waals surface area contributed by atoms with E-state index in [4.69, 9.17) is 14.6 Å². The highest BCUT2D eigenvalue weighted by atomic mass is 32.1. The SMILES string of the molecule is CCCCCC(O)c1ccc(N2C(=O)CC[C@@H]2COCc2ccc(C(=O)OCCO)s2)cc1. The molecule has 7 nitrogen and oxygen atoms in total. The maximum atomic E-state index is 12.5. The summed E-state index contributed by atoms with van der Waals surface area (Å²) in [5.74, 6) is -0.378. The first-order valence-electron chi connectivity index (χ1n) is 11.6. The van der Waals surface area contributed by atoms with Crippen molar-refractivity contribution in [1.29, 1.82) is 0 Å². The van der Waals surface area contributed by atoms with Crippen LogP contribution >= 0.6 is 11.3 Å². The standard InChI is InChI=1S/C25H33NO6S/c1-2-3-4-5-22(28)18-6-8-19(9-7-18)26-20(10-13-24(26)29)16-31-17-21-11-12-23(33-21)25(30)32-15-14-27/h6-9,11-12,20,22,27-28H,2-5,10,13-17H2,1H3/t20-,22?/m1/s1. The first-order chi connectivity index (χ1) is 16.0. The lowest BCUT2D eigenvalue weighted by Crippen LogP contribution is -2.36. The molecule has 2 aromatic rings. The van der Waals surface area contributed by atoms with Crippen molar-refractivity contribution in [2.24, 2.45) is 0 Å². The predicted molar refractivity (Wildman–Crippen MR) is 127 cm³/mol. The Bertz CT molecular complexity index is 897. The summed E-state index contributed by atoms with van der Waals surface area (Å²) in [6.07, 6.45) is 4.71. The van der Waals surface area contributed by atoms with E-state index in [9.17, 15) is 14.7 Å². The third-order valence-corrected chi connectivity index (χ3v) is 6.74. The lowest BCUT2D eigenvalue weighted by atomic mass is 10.0. The zero-order chi connectivity index (χ0) is 23.6. The molecule has 0 spiro atoms. The molecule has 1 amide bonds. The van der Waals surface area contributed by atoms with E-state index in [0.29, 0.717) is 24.5 Å². The van der Waals surface area contributed by atoms with Gasteiger partial charge in [-0.2, -0.15) is 0 Å². The summed E-state index contributed by atoms with van der Waals surface area (Å²) in [4.78, 5) is 27.5. The molecule has 1 aromatic heterocycles. The minimum Gasteiger partial charge on any atom is -0.459 e. The summed E-state index contributed by atoms with van der Waals surface area (Å²) in [6.45, 7) is 2.66. The smallest absolute Gasteiger partial charge is 0.348 e. The second-order valence-electron chi connectivity index (χ2n) is 8.20. The fourth-order valence-electron chi connectivity index (χ4n) is 3.94. The normalized spacial score (nSPS) is 16.9. The molecule has 2 N–H and O–H groups in total. The van der Waals surface area contributed by atoms with Gasteiger partial charge in [-0.25, -0.2) is 4.79 Å². The number of hydrogen-bond donors (Lipinski definition) is 2. The highest BCUT2D eigenvalue weighted by Crippen LogP contribution is 2.29. The Morgan fingerprint density at radius 2 is 2.00 bits per heavy atom. The van der Waals surface area contributed by atoms with Crippen molar-refractivity contribution in [3.05, 3.63) is 51.7 Å². The van der Waals surface area contributed by atoms with Crippen molar-refractivity contribution >= 4 is 28.9 Å². The van der Waals surface area contributed by atoms with Gasteiger partial charge in [-0.3, -0.25) is 4.79 Å². The summed E-state index contributed by atoms with van der Waals surface area (Å²) < 4.78 is 10.8. The van der Waals surface area contributed by atoms with Crippen molar-refractivity contribution in [2.75, 3.05) is 24.7 Å². The van der Waals surface area contributed by atoms with Crippen molar-refractivity contribution in [2.45, 2.75) is 64.2 Å². The van der Waals surface area contributed by atoms with E-state index >= 15 is 0 Å². The summed E-state index contributed by atoms with van der Waals surface area (Å²) >= 11 is 1.30. The quantitative estimate of drug-likeness (QED) is 0.333. The minimum absolute atomic E-state index is 0.0209. The van der Waals surface area contributed by atoms with Crippen LogP contribution in [0.2, 0.25) is 0 Å². The fraction of sp³-hybridized carbons (Fsp3) is 0.520. The molecule has 2 atom stereocenters. The first kappa shape index (κ1) is 25.4. The number of esters is 1. The van der Waals surface area contributed by atoms with E-state index in [2.05, 4.69) is 6.92 Å². The Labute approximate surface area is 198 Å². The number of thiophene rings is 1. The van der Waals surface area contributed by atoms with E-state index in [1.165, 1.54) is 11.3 Å². The van der Waals surface area contributed by atoms with Gasteiger partial charge in [0.1, 0.15) is 11.5 Å². The van der Waals surface area contributed by atoms with Crippen molar-refractivity contribution < 1.29 is 29.3 Å². The van der Waals surface area contributed by atoms with Gasteiger partial charge in [0.15, 0.2) is 0 Å². The highest BCUT2D eigenvalue weighted by Gasteiger charge is 2.32. The van der Waals surface area contributed by atoms with Crippen molar-refractivity contribution in [1.82, 2.24) is 0 Å². The molecule has 8 heteroatoms. The topological polar surface area (TPSA) is 96.3 Å². The second kappa shape index (κ2) is 12.8. The molecule has 0 saturated carbocycles. The van der Waals surface area contributed by atoms with Gasteiger partial charge in [-0.15, -0.1) is 11.3 Å². The number of rotatable bonds is 13. The van der Waals surface area contributed by atoms with Crippen LogP contribution in [0.1, 0.15) is 71.7 Å².